The van der Waals surface area contributed by atoms with Crippen LogP contribution in [-0.4, -0.2) is 71.6 Å². The third-order valence-corrected chi connectivity index (χ3v) is 7.84. The highest BCUT2D eigenvalue weighted by Crippen LogP contribution is 2.27. The number of pyridine rings is 1. The Hall–Kier alpha value is -3.83. The molecule has 1 aromatic heterocycles. The Bertz CT molecular complexity index is 1390. The third-order valence-electron chi connectivity index (χ3n) is 7.84. The summed E-state index contributed by atoms with van der Waals surface area (Å²) < 4.78 is 11.0. The number of cyclic esters (lactones) is 1. The van der Waals surface area contributed by atoms with Crippen molar-refractivity contribution in [1.82, 2.24) is 26.1 Å². The van der Waals surface area contributed by atoms with Crippen molar-refractivity contribution in [3.63, 3.8) is 0 Å². The zero-order chi connectivity index (χ0) is 29.3. The van der Waals surface area contributed by atoms with Gasteiger partial charge in [0, 0.05) is 11.9 Å². The summed E-state index contributed by atoms with van der Waals surface area (Å²) in [4.78, 5) is 57.8. The van der Waals surface area contributed by atoms with Gasteiger partial charge in [0.05, 0.1) is 41.8 Å². The van der Waals surface area contributed by atoms with Crippen LogP contribution in [0.1, 0.15) is 57.8 Å². The molecule has 0 unspecified atom stereocenters. The fraction of sp³-hybridized carbons (Fsp3) is 0.500. The number of rotatable bonds is 1. The third kappa shape index (κ3) is 6.25. The van der Waals surface area contributed by atoms with E-state index in [1.165, 1.54) is 5.01 Å². The van der Waals surface area contributed by atoms with Crippen LogP contribution < -0.4 is 16.1 Å². The van der Waals surface area contributed by atoms with E-state index in [0.29, 0.717) is 25.1 Å². The Labute approximate surface area is 239 Å². The first-order valence-electron chi connectivity index (χ1n) is 14.1. The van der Waals surface area contributed by atoms with E-state index in [-0.39, 0.29) is 37.0 Å². The highest BCUT2D eigenvalue weighted by atomic mass is 16.6. The molecule has 3 aliphatic heterocycles. The van der Waals surface area contributed by atoms with Crippen LogP contribution >= 0.6 is 0 Å². The fourth-order valence-corrected chi connectivity index (χ4v) is 5.04. The predicted octanol–water partition coefficient (Wildman–Crippen LogP) is 2.02. The highest BCUT2D eigenvalue weighted by Gasteiger charge is 2.41. The summed E-state index contributed by atoms with van der Waals surface area (Å²) in [7, 11) is 0. The van der Waals surface area contributed by atoms with Crippen molar-refractivity contribution in [3.05, 3.63) is 47.7 Å². The lowest BCUT2D eigenvalue weighted by molar-refractivity contribution is -0.177. The number of ether oxygens (including phenoxy) is 2. The normalized spacial score (nSPS) is 28.0. The second kappa shape index (κ2) is 11.6. The Morgan fingerprint density at radius 2 is 1.71 bits per heavy atom. The maximum Gasteiger partial charge on any atom is 0.316 e. The second-order valence-corrected chi connectivity index (χ2v) is 11.6. The molecule has 0 saturated carbocycles. The molecule has 3 amide bonds. The van der Waals surface area contributed by atoms with E-state index in [9.17, 15) is 19.2 Å². The van der Waals surface area contributed by atoms with Crippen molar-refractivity contribution in [2.24, 2.45) is 11.3 Å². The molecule has 1 aromatic carbocycles. The van der Waals surface area contributed by atoms with Gasteiger partial charge in [-0.2, -0.15) is 0 Å². The van der Waals surface area contributed by atoms with Crippen LogP contribution in [0.15, 0.2) is 36.4 Å². The van der Waals surface area contributed by atoms with Gasteiger partial charge < -0.3 is 20.1 Å². The van der Waals surface area contributed by atoms with Gasteiger partial charge in [-0.25, -0.2) is 5.43 Å². The molecule has 3 aliphatic rings. The maximum atomic E-state index is 13.3. The maximum absolute atomic E-state index is 13.3. The summed E-state index contributed by atoms with van der Waals surface area (Å²) in [6, 6.07) is 7.74. The second-order valence-electron chi connectivity index (χ2n) is 11.6. The first-order valence-corrected chi connectivity index (χ1v) is 14.1. The van der Waals surface area contributed by atoms with Crippen molar-refractivity contribution in [1.29, 1.82) is 0 Å². The highest BCUT2D eigenvalue weighted by molar-refractivity contribution is 5.91. The summed E-state index contributed by atoms with van der Waals surface area (Å²) in [5, 5.41) is 8.04. The summed E-state index contributed by atoms with van der Waals surface area (Å²) in [6.07, 6.45) is 3.63. The number of nitrogens with one attached hydrogen (secondary N) is 3. The van der Waals surface area contributed by atoms with E-state index in [4.69, 9.17) is 14.5 Å². The molecule has 2 aromatic rings. The molecule has 0 aliphatic carbocycles. The van der Waals surface area contributed by atoms with E-state index in [2.05, 4.69) is 16.1 Å². The van der Waals surface area contributed by atoms with Gasteiger partial charge in [0.25, 0.3) is 11.8 Å². The zero-order valence-electron chi connectivity index (χ0n) is 23.8. The number of aromatic nitrogens is 1. The quantitative estimate of drug-likeness (QED) is 0.448. The minimum atomic E-state index is -1.11. The number of nitrogens with zero attached hydrogens (tertiary/aromatic N) is 2. The number of esters is 1. The number of carbonyl (C=O) groups excluding carboxylic acids is 4. The lowest BCUT2D eigenvalue weighted by atomic mass is 9.91. The number of fused-ring (bicyclic) bond motifs is 4. The summed E-state index contributed by atoms with van der Waals surface area (Å²) in [5.41, 5.74) is 4.27. The largest absolute Gasteiger partial charge is 0.451 e. The van der Waals surface area contributed by atoms with Gasteiger partial charge in [-0.1, -0.05) is 30.4 Å². The molecular formula is C30H37N5O6. The predicted molar refractivity (Wildman–Crippen MR) is 151 cm³/mol. The van der Waals surface area contributed by atoms with Gasteiger partial charge >= 0.3 is 5.97 Å². The smallest absolute Gasteiger partial charge is 0.316 e. The molecule has 0 radical (unpaired) electrons. The standard InChI is InChI=1S/C30H37N5O6/c1-17-22-10-9-20-8-7-19(14-24(20)33-22)11-12-30(3,4)29(39)41-25(21-15-40-16-21)27(37)32-18(2)28(38)35-13-5-6-23(34-35)26(36)31-17/h7-12,14,17-18,21,23,25,34H,5-6,13,15-16H2,1-4H3,(H,31,36)(H,32,37)/t17-,18+,23+,25+/m1/s1. The van der Waals surface area contributed by atoms with Crippen molar-refractivity contribution in [2.75, 3.05) is 19.8 Å². The van der Waals surface area contributed by atoms with Crippen LogP contribution in [0.4, 0.5) is 0 Å². The number of hydrogen-bond donors (Lipinski definition) is 3. The molecule has 218 valence electrons. The molecule has 41 heavy (non-hydrogen) atoms. The van der Waals surface area contributed by atoms with Crippen molar-refractivity contribution in [2.45, 2.75) is 64.8 Å². The fourth-order valence-electron chi connectivity index (χ4n) is 5.04. The molecule has 0 spiro atoms. The number of amides is 3. The number of carbonyl (C=O) groups is 4. The monoisotopic (exact) mass is 563 g/mol. The van der Waals surface area contributed by atoms with Crippen molar-refractivity contribution >= 4 is 40.7 Å². The summed E-state index contributed by atoms with van der Waals surface area (Å²) in [5.74, 6) is -2.07. The van der Waals surface area contributed by atoms with Gasteiger partial charge in [-0.15, -0.1) is 0 Å². The lowest BCUT2D eigenvalue weighted by Crippen LogP contribution is -2.61. The molecule has 4 heterocycles. The van der Waals surface area contributed by atoms with Gasteiger partial charge in [0.2, 0.25) is 5.91 Å². The molecule has 4 atom stereocenters. The average molecular weight is 564 g/mol. The topological polar surface area (TPSA) is 139 Å². The zero-order valence-corrected chi connectivity index (χ0v) is 23.8. The summed E-state index contributed by atoms with van der Waals surface area (Å²) >= 11 is 0. The van der Waals surface area contributed by atoms with Gasteiger partial charge in [0.15, 0.2) is 6.10 Å². The van der Waals surface area contributed by atoms with Gasteiger partial charge in [0.1, 0.15) is 12.1 Å². The van der Waals surface area contributed by atoms with Crippen molar-refractivity contribution in [3.8, 4) is 0 Å². The molecular weight excluding hydrogens is 526 g/mol. The molecule has 5 bridgehead atoms. The minimum Gasteiger partial charge on any atom is -0.451 e. The minimum absolute atomic E-state index is 0.240. The van der Waals surface area contributed by atoms with E-state index in [0.717, 1.165) is 16.5 Å². The van der Waals surface area contributed by atoms with Crippen molar-refractivity contribution < 1.29 is 28.7 Å². The van der Waals surface area contributed by atoms with Crippen LogP contribution in [0, 0.1) is 11.3 Å². The van der Waals surface area contributed by atoms with E-state index in [1.54, 1.807) is 26.8 Å². The number of hydrazine groups is 1. The average Bonchev–Trinajstić information content (AvgIpc) is 2.93. The van der Waals surface area contributed by atoms with E-state index >= 15 is 0 Å². The first-order chi connectivity index (χ1) is 19.5. The number of hydrogen-bond acceptors (Lipinski definition) is 8. The van der Waals surface area contributed by atoms with Gasteiger partial charge in [-0.05, 0) is 58.2 Å². The van der Waals surface area contributed by atoms with E-state index in [1.807, 2.05) is 43.3 Å². The Kier molecular flexibility index (Phi) is 8.10. The lowest BCUT2D eigenvalue weighted by Gasteiger charge is -2.36. The van der Waals surface area contributed by atoms with Crippen LogP contribution in [0.3, 0.4) is 0 Å². The number of benzene rings is 1. The molecule has 3 N–H and O–H groups in total. The van der Waals surface area contributed by atoms with Crippen LogP contribution in [0.5, 0.6) is 0 Å². The van der Waals surface area contributed by atoms with Crippen LogP contribution in [-0.2, 0) is 28.7 Å². The Morgan fingerprint density at radius 1 is 0.976 bits per heavy atom. The molecule has 5 rings (SSSR count). The van der Waals surface area contributed by atoms with E-state index < -0.39 is 35.5 Å². The molecule has 2 saturated heterocycles. The molecule has 11 nitrogen and oxygen atoms in total. The van der Waals surface area contributed by atoms with Crippen LogP contribution in [0.25, 0.3) is 17.0 Å². The Morgan fingerprint density at radius 3 is 2.44 bits per heavy atom. The SMILES string of the molecule is C[C@@H]1NC(=O)[C@H](C2COC2)OC(=O)C(C)(C)C=Cc2ccc3ccc(nc3c2)[C@@H](C)NC(=O)[C@@H]2CCCN(N2)C1=O. The van der Waals surface area contributed by atoms with Gasteiger partial charge in [-0.3, -0.25) is 29.2 Å². The Balaban J connectivity index is 1.48. The molecule has 11 heteroatoms. The first kappa shape index (κ1) is 28.7. The summed E-state index contributed by atoms with van der Waals surface area (Å²) in [6.45, 7) is 7.83. The van der Waals surface area contributed by atoms with Crippen LogP contribution in [0.2, 0.25) is 0 Å². The molecule has 2 fully saturated rings.